The van der Waals surface area contributed by atoms with Gasteiger partial charge in [0.1, 0.15) is 0 Å². The Hall–Kier alpha value is -4.00. The minimum atomic E-state index is -0.559. The molecule has 0 aliphatic carbocycles. The fourth-order valence-electron chi connectivity index (χ4n) is 2.94. The number of hydrogen-bond acceptors (Lipinski definition) is 4. The minimum Gasteiger partial charge on any atom is -0.454 e. The quantitative estimate of drug-likeness (QED) is 0.596. The summed E-state index contributed by atoms with van der Waals surface area (Å²) >= 11 is 0. The highest BCUT2D eigenvalue weighted by Crippen LogP contribution is 2.34. The van der Waals surface area contributed by atoms with Gasteiger partial charge in [0.05, 0.1) is 6.42 Å². The molecule has 3 aromatic rings. The number of anilines is 1. The number of benzene rings is 3. The van der Waals surface area contributed by atoms with Crippen LogP contribution in [0.5, 0.6) is 11.5 Å². The Labute approximate surface area is 167 Å². The van der Waals surface area contributed by atoms with Gasteiger partial charge in [-0.25, -0.2) is 10.2 Å². The van der Waals surface area contributed by atoms with Crippen LogP contribution in [-0.2, 0) is 11.2 Å². The van der Waals surface area contributed by atoms with Gasteiger partial charge in [0.25, 0.3) is 0 Å². The van der Waals surface area contributed by atoms with Gasteiger partial charge in [-0.1, -0.05) is 54.6 Å². The van der Waals surface area contributed by atoms with Crippen molar-refractivity contribution in [3.8, 4) is 22.6 Å². The Balaban J connectivity index is 1.26. The molecule has 0 unspecified atom stereocenters. The normalized spacial score (nSPS) is 11.6. The first-order valence-corrected chi connectivity index (χ1v) is 9.07. The molecular weight excluding hydrogens is 370 g/mol. The molecular formula is C22H19N3O4. The van der Waals surface area contributed by atoms with Gasteiger partial charge >= 0.3 is 6.03 Å². The predicted octanol–water partition coefficient (Wildman–Crippen LogP) is 3.48. The summed E-state index contributed by atoms with van der Waals surface area (Å²) in [4.78, 5) is 24.0. The Morgan fingerprint density at radius 2 is 1.52 bits per heavy atom. The second kappa shape index (κ2) is 8.35. The maximum atomic E-state index is 12.1. The van der Waals surface area contributed by atoms with Crippen molar-refractivity contribution in [2.24, 2.45) is 0 Å². The number of rotatable bonds is 4. The maximum Gasteiger partial charge on any atom is 0.337 e. The van der Waals surface area contributed by atoms with Crippen LogP contribution >= 0.6 is 0 Å². The first-order valence-electron chi connectivity index (χ1n) is 9.07. The molecule has 146 valence electrons. The topological polar surface area (TPSA) is 88.7 Å². The summed E-state index contributed by atoms with van der Waals surface area (Å²) in [6, 6.07) is 22.2. The van der Waals surface area contributed by atoms with Gasteiger partial charge in [0, 0.05) is 11.8 Å². The zero-order chi connectivity index (χ0) is 20.1. The summed E-state index contributed by atoms with van der Waals surface area (Å²) in [6.07, 6.45) is 0.152. The van der Waals surface area contributed by atoms with Crippen LogP contribution in [0, 0.1) is 0 Å². The zero-order valence-electron chi connectivity index (χ0n) is 15.5. The van der Waals surface area contributed by atoms with Crippen molar-refractivity contribution < 1.29 is 19.1 Å². The number of fused-ring (bicyclic) bond motifs is 1. The lowest BCUT2D eigenvalue weighted by Crippen LogP contribution is -2.44. The third kappa shape index (κ3) is 4.65. The SMILES string of the molecule is O=C(Cc1ccc(-c2ccccc2)cc1)NNC(=O)Nc1ccc2c(c1)OCO2. The Bertz CT molecular complexity index is 1020. The fraction of sp³-hybridized carbons (Fsp3) is 0.0909. The standard InChI is InChI=1S/C22H19N3O4/c26-21(12-15-6-8-17(9-7-15)16-4-2-1-3-5-16)24-25-22(27)23-18-10-11-19-20(13-18)29-14-28-19/h1-11,13H,12,14H2,(H,24,26)(H2,23,25,27). The molecule has 0 bridgehead atoms. The van der Waals surface area contributed by atoms with E-state index in [2.05, 4.69) is 16.2 Å². The average Bonchev–Trinajstić information content (AvgIpc) is 3.21. The number of urea groups is 1. The average molecular weight is 389 g/mol. The lowest BCUT2D eigenvalue weighted by Gasteiger charge is -2.10. The van der Waals surface area contributed by atoms with E-state index in [4.69, 9.17) is 9.47 Å². The summed E-state index contributed by atoms with van der Waals surface area (Å²) < 4.78 is 10.5. The van der Waals surface area contributed by atoms with Crippen LogP contribution in [0.1, 0.15) is 5.56 Å². The van der Waals surface area contributed by atoms with Crippen LogP contribution in [0.25, 0.3) is 11.1 Å². The third-order valence-electron chi connectivity index (χ3n) is 4.37. The van der Waals surface area contributed by atoms with E-state index in [0.717, 1.165) is 16.7 Å². The van der Waals surface area contributed by atoms with Gasteiger partial charge in [-0.3, -0.25) is 10.2 Å². The number of carbonyl (C=O) groups excluding carboxylic acids is 2. The molecule has 4 rings (SSSR count). The summed E-state index contributed by atoms with van der Waals surface area (Å²) in [6.45, 7) is 0.160. The number of carbonyl (C=O) groups is 2. The van der Waals surface area contributed by atoms with Gasteiger partial charge < -0.3 is 14.8 Å². The Morgan fingerprint density at radius 1 is 0.793 bits per heavy atom. The van der Waals surface area contributed by atoms with Gasteiger partial charge in [0.2, 0.25) is 12.7 Å². The van der Waals surface area contributed by atoms with Crippen LogP contribution < -0.4 is 25.6 Å². The highest BCUT2D eigenvalue weighted by atomic mass is 16.7. The number of nitrogens with one attached hydrogen (secondary N) is 3. The molecule has 0 saturated carbocycles. The van der Waals surface area contributed by atoms with E-state index in [1.807, 2.05) is 54.6 Å². The molecule has 0 fully saturated rings. The highest BCUT2D eigenvalue weighted by molar-refractivity contribution is 5.91. The summed E-state index contributed by atoms with van der Waals surface area (Å²) in [5, 5.41) is 2.62. The Morgan fingerprint density at radius 3 is 2.31 bits per heavy atom. The first-order chi connectivity index (χ1) is 14.2. The monoisotopic (exact) mass is 389 g/mol. The zero-order valence-corrected chi connectivity index (χ0v) is 15.5. The Kier molecular flexibility index (Phi) is 5.29. The molecule has 7 heteroatoms. The molecule has 3 aromatic carbocycles. The number of hydrogen-bond donors (Lipinski definition) is 3. The maximum absolute atomic E-state index is 12.1. The van der Waals surface area contributed by atoms with Crippen molar-refractivity contribution in [1.82, 2.24) is 10.9 Å². The molecule has 29 heavy (non-hydrogen) atoms. The van der Waals surface area contributed by atoms with Crippen LogP contribution in [-0.4, -0.2) is 18.7 Å². The van der Waals surface area contributed by atoms with Crippen molar-refractivity contribution >= 4 is 17.6 Å². The first kappa shape index (κ1) is 18.4. The van der Waals surface area contributed by atoms with E-state index in [1.165, 1.54) is 0 Å². The molecule has 7 nitrogen and oxygen atoms in total. The van der Waals surface area contributed by atoms with E-state index in [1.54, 1.807) is 18.2 Å². The lowest BCUT2D eigenvalue weighted by atomic mass is 10.0. The molecule has 0 atom stereocenters. The molecule has 1 aliphatic heterocycles. The van der Waals surface area contributed by atoms with Crippen molar-refractivity contribution in [3.05, 3.63) is 78.4 Å². The molecule has 3 amide bonds. The molecule has 0 saturated heterocycles. The van der Waals surface area contributed by atoms with Gasteiger partial charge in [-0.15, -0.1) is 0 Å². The number of amides is 3. The molecule has 3 N–H and O–H groups in total. The smallest absolute Gasteiger partial charge is 0.337 e. The van der Waals surface area contributed by atoms with Gasteiger partial charge in [-0.2, -0.15) is 0 Å². The molecule has 1 aliphatic rings. The third-order valence-corrected chi connectivity index (χ3v) is 4.37. The van der Waals surface area contributed by atoms with Crippen LogP contribution in [0.4, 0.5) is 10.5 Å². The van der Waals surface area contributed by atoms with Crippen LogP contribution in [0.15, 0.2) is 72.8 Å². The summed E-state index contributed by atoms with van der Waals surface area (Å²) in [5.74, 6) is 0.867. The van der Waals surface area contributed by atoms with Crippen molar-refractivity contribution in [2.45, 2.75) is 6.42 Å². The van der Waals surface area contributed by atoms with Gasteiger partial charge in [0.15, 0.2) is 11.5 Å². The van der Waals surface area contributed by atoms with E-state index < -0.39 is 6.03 Å². The van der Waals surface area contributed by atoms with Crippen molar-refractivity contribution in [2.75, 3.05) is 12.1 Å². The van der Waals surface area contributed by atoms with Crippen molar-refractivity contribution in [3.63, 3.8) is 0 Å². The van der Waals surface area contributed by atoms with Crippen molar-refractivity contribution in [1.29, 1.82) is 0 Å². The molecule has 0 spiro atoms. The highest BCUT2D eigenvalue weighted by Gasteiger charge is 2.14. The van der Waals surface area contributed by atoms with Gasteiger partial charge in [-0.05, 0) is 28.8 Å². The van der Waals surface area contributed by atoms with E-state index in [-0.39, 0.29) is 19.1 Å². The largest absolute Gasteiger partial charge is 0.454 e. The minimum absolute atomic E-state index is 0.152. The van der Waals surface area contributed by atoms with Crippen LogP contribution in [0.3, 0.4) is 0 Å². The van der Waals surface area contributed by atoms with E-state index >= 15 is 0 Å². The molecule has 0 aromatic heterocycles. The number of ether oxygens (including phenoxy) is 2. The second-order valence-electron chi connectivity index (χ2n) is 6.44. The summed E-state index contributed by atoms with van der Waals surface area (Å²) in [5.41, 5.74) is 8.30. The summed E-state index contributed by atoms with van der Waals surface area (Å²) in [7, 11) is 0. The molecule has 0 radical (unpaired) electrons. The lowest BCUT2D eigenvalue weighted by molar-refractivity contribution is -0.121. The predicted molar refractivity (Wildman–Crippen MR) is 108 cm³/mol. The second-order valence-corrected chi connectivity index (χ2v) is 6.44. The van der Waals surface area contributed by atoms with E-state index in [0.29, 0.717) is 17.2 Å². The fourth-order valence-corrected chi connectivity index (χ4v) is 2.94. The van der Waals surface area contributed by atoms with Crippen LogP contribution in [0.2, 0.25) is 0 Å². The molecule has 1 heterocycles. The van der Waals surface area contributed by atoms with E-state index in [9.17, 15) is 9.59 Å². The number of hydrazine groups is 1.